The van der Waals surface area contributed by atoms with Gasteiger partial charge in [-0.2, -0.15) is 13.7 Å². The number of hydrogen-bond donors (Lipinski definition) is 2. The fourth-order valence-electron chi connectivity index (χ4n) is 4.27. The number of aryl methyl sites for hydroxylation is 1. The van der Waals surface area contributed by atoms with E-state index in [1.54, 1.807) is 0 Å². The summed E-state index contributed by atoms with van der Waals surface area (Å²) in [5.41, 5.74) is 1.55. The van der Waals surface area contributed by atoms with Gasteiger partial charge in [0, 0.05) is 39.3 Å². The summed E-state index contributed by atoms with van der Waals surface area (Å²) >= 11 is 0. The topological polar surface area (TPSA) is 132 Å². The maximum atomic E-state index is 11.8. The van der Waals surface area contributed by atoms with Gasteiger partial charge in [-0.3, -0.25) is 14.4 Å². The van der Waals surface area contributed by atoms with E-state index in [-0.39, 0.29) is 18.3 Å². The van der Waals surface area contributed by atoms with Gasteiger partial charge >= 0.3 is 6.09 Å². The number of hydrogen-bond acceptors (Lipinski definition) is 8. The molecule has 2 aliphatic rings. The number of carbonyl (C=O) groups is 1. The normalized spacial score (nSPS) is 20.6. The summed E-state index contributed by atoms with van der Waals surface area (Å²) in [6.07, 6.45) is 4.23. The molecule has 36 heavy (non-hydrogen) atoms. The van der Waals surface area contributed by atoms with Crippen LogP contribution in [0.5, 0.6) is 0 Å². The molecule has 2 saturated heterocycles. The zero-order chi connectivity index (χ0) is 26.8. The van der Waals surface area contributed by atoms with Crippen LogP contribution in [0, 0.1) is 11.3 Å². The Balaban J connectivity index is 0.000000830. The lowest BCUT2D eigenvalue weighted by Gasteiger charge is -2.46. The van der Waals surface area contributed by atoms with Crippen LogP contribution in [0.25, 0.3) is 0 Å². The Bertz CT molecular complexity index is 950. The number of alkyl carbamates (subject to hydrolysis) is 1. The number of nitrogens with zero attached hydrogens (tertiary/aromatic N) is 3. The SMILES string of the molecule is CC(C)(C)OC(=O)NCCN1CC2CN(CCCCc3ccc(C#N)cc3)CC(C1)O2.CS(=O)(=O)O. The van der Waals surface area contributed by atoms with Crippen molar-refractivity contribution in [2.24, 2.45) is 0 Å². The number of amides is 1. The lowest BCUT2D eigenvalue weighted by Crippen LogP contribution is -2.60. The molecule has 0 spiro atoms. The predicted molar refractivity (Wildman–Crippen MR) is 137 cm³/mol. The molecular formula is C25H40N4O6S. The molecule has 0 aromatic heterocycles. The summed E-state index contributed by atoms with van der Waals surface area (Å²) in [5, 5.41) is 11.7. The van der Waals surface area contributed by atoms with Crippen molar-refractivity contribution in [2.45, 2.75) is 57.8 Å². The molecular weight excluding hydrogens is 484 g/mol. The van der Waals surface area contributed by atoms with E-state index in [9.17, 15) is 13.2 Å². The highest BCUT2D eigenvalue weighted by Gasteiger charge is 2.34. The summed E-state index contributed by atoms with van der Waals surface area (Å²) in [6.45, 7) is 11.9. The molecule has 0 saturated carbocycles. The van der Waals surface area contributed by atoms with Gasteiger partial charge in [0.2, 0.25) is 0 Å². The number of morpholine rings is 2. The minimum absolute atomic E-state index is 0.243. The lowest BCUT2D eigenvalue weighted by atomic mass is 10.1. The molecule has 2 heterocycles. The van der Waals surface area contributed by atoms with E-state index in [2.05, 4.69) is 33.3 Å². The molecule has 202 valence electrons. The Morgan fingerprint density at radius 2 is 1.64 bits per heavy atom. The zero-order valence-electron chi connectivity index (χ0n) is 21.8. The molecule has 2 atom stereocenters. The third-order valence-electron chi connectivity index (χ3n) is 5.60. The van der Waals surface area contributed by atoms with Crippen LogP contribution in [0.4, 0.5) is 4.79 Å². The number of unbranched alkanes of at least 4 members (excludes halogenated alkanes) is 1. The Morgan fingerprint density at radius 1 is 1.11 bits per heavy atom. The summed E-state index contributed by atoms with van der Waals surface area (Å²) in [5.74, 6) is 0. The molecule has 2 N–H and O–H groups in total. The molecule has 1 aromatic carbocycles. The molecule has 2 unspecified atom stereocenters. The predicted octanol–water partition coefficient (Wildman–Crippen LogP) is 2.29. The highest BCUT2D eigenvalue weighted by Crippen LogP contribution is 2.19. The van der Waals surface area contributed by atoms with E-state index in [0.717, 1.165) is 57.7 Å². The first-order valence-corrected chi connectivity index (χ1v) is 14.1. The summed E-state index contributed by atoms with van der Waals surface area (Å²) < 4.78 is 37.3. The first-order valence-electron chi connectivity index (χ1n) is 12.3. The standard InChI is InChI=1S/C24H36N4O3.CH4O3S/c1-24(2,3)31-23(29)26-11-13-28-17-21-15-27(16-22(18-28)30-21)12-5-4-6-19-7-9-20(14-25)10-8-19;1-5(2,3)4/h7-10,21-22H,4-6,11-13,15-18H2,1-3H3,(H,26,29);1H3,(H,2,3,4). The summed E-state index contributed by atoms with van der Waals surface area (Å²) in [7, 11) is -3.67. The number of benzene rings is 1. The fraction of sp³-hybridized carbons (Fsp3) is 0.680. The average Bonchev–Trinajstić information content (AvgIpc) is 2.74. The van der Waals surface area contributed by atoms with Crippen molar-refractivity contribution in [3.63, 3.8) is 0 Å². The van der Waals surface area contributed by atoms with Crippen molar-refractivity contribution >= 4 is 16.2 Å². The van der Waals surface area contributed by atoms with Crippen LogP contribution in [-0.4, -0.2) is 98.7 Å². The summed E-state index contributed by atoms with van der Waals surface area (Å²) in [6, 6.07) is 10.1. The van der Waals surface area contributed by atoms with Crippen molar-refractivity contribution in [3.05, 3.63) is 35.4 Å². The second kappa shape index (κ2) is 13.9. The van der Waals surface area contributed by atoms with Crippen LogP contribution >= 0.6 is 0 Å². The second-order valence-electron chi connectivity index (χ2n) is 10.3. The average molecular weight is 525 g/mol. The van der Waals surface area contributed by atoms with Gasteiger partial charge in [-0.25, -0.2) is 4.79 Å². The highest BCUT2D eigenvalue weighted by atomic mass is 32.2. The third-order valence-corrected chi connectivity index (χ3v) is 5.60. The van der Waals surface area contributed by atoms with Gasteiger partial charge < -0.3 is 14.8 Å². The van der Waals surface area contributed by atoms with Crippen molar-refractivity contribution in [3.8, 4) is 6.07 Å². The van der Waals surface area contributed by atoms with Crippen LogP contribution in [0.2, 0.25) is 0 Å². The molecule has 3 rings (SSSR count). The lowest BCUT2D eigenvalue weighted by molar-refractivity contribution is -0.138. The molecule has 2 fully saturated rings. The Kier molecular flexibility index (Phi) is 11.6. The van der Waals surface area contributed by atoms with Gasteiger partial charge in [0.15, 0.2) is 0 Å². The van der Waals surface area contributed by atoms with Gasteiger partial charge in [0.05, 0.1) is 30.1 Å². The zero-order valence-corrected chi connectivity index (χ0v) is 22.6. The number of nitriles is 1. The number of nitrogens with one attached hydrogen (secondary N) is 1. The molecule has 10 nitrogen and oxygen atoms in total. The Labute approximate surface area is 215 Å². The summed E-state index contributed by atoms with van der Waals surface area (Å²) in [4.78, 5) is 16.7. The van der Waals surface area contributed by atoms with E-state index >= 15 is 0 Å². The first kappa shape index (κ1) is 30.0. The molecule has 11 heteroatoms. The van der Waals surface area contributed by atoms with Crippen molar-refractivity contribution in [1.82, 2.24) is 15.1 Å². The van der Waals surface area contributed by atoms with Gasteiger partial charge in [-0.15, -0.1) is 0 Å². The number of ether oxygens (including phenoxy) is 2. The monoisotopic (exact) mass is 524 g/mol. The van der Waals surface area contributed by atoms with Gasteiger partial charge in [-0.05, 0) is 64.3 Å². The van der Waals surface area contributed by atoms with Crippen molar-refractivity contribution in [1.29, 1.82) is 5.26 Å². The highest BCUT2D eigenvalue weighted by molar-refractivity contribution is 7.85. The Hall–Kier alpha value is -2.23. The van der Waals surface area contributed by atoms with Crippen LogP contribution in [0.3, 0.4) is 0 Å². The molecule has 1 aromatic rings. The fourth-order valence-corrected chi connectivity index (χ4v) is 4.27. The quantitative estimate of drug-likeness (QED) is 0.388. The molecule has 0 radical (unpaired) electrons. The van der Waals surface area contributed by atoms with Crippen LogP contribution in [0.1, 0.15) is 44.7 Å². The maximum Gasteiger partial charge on any atom is 0.407 e. The largest absolute Gasteiger partial charge is 0.444 e. The minimum atomic E-state index is -3.67. The third kappa shape index (κ3) is 13.2. The Morgan fingerprint density at radius 3 is 2.14 bits per heavy atom. The molecule has 2 bridgehead atoms. The van der Waals surface area contributed by atoms with Crippen LogP contribution < -0.4 is 5.32 Å². The van der Waals surface area contributed by atoms with Gasteiger partial charge in [0.1, 0.15) is 5.60 Å². The minimum Gasteiger partial charge on any atom is -0.444 e. The smallest absolute Gasteiger partial charge is 0.407 e. The van der Waals surface area contributed by atoms with E-state index in [1.165, 1.54) is 12.0 Å². The first-order chi connectivity index (χ1) is 16.8. The van der Waals surface area contributed by atoms with E-state index < -0.39 is 15.7 Å². The maximum absolute atomic E-state index is 11.8. The van der Waals surface area contributed by atoms with E-state index in [1.807, 2.05) is 32.9 Å². The second-order valence-corrected chi connectivity index (χ2v) is 11.8. The van der Waals surface area contributed by atoms with Crippen LogP contribution in [-0.2, 0) is 26.0 Å². The van der Waals surface area contributed by atoms with Crippen molar-refractivity contribution in [2.75, 3.05) is 52.1 Å². The van der Waals surface area contributed by atoms with Gasteiger partial charge in [0.25, 0.3) is 10.1 Å². The van der Waals surface area contributed by atoms with E-state index in [0.29, 0.717) is 12.8 Å². The molecule has 2 aliphatic heterocycles. The number of carbonyl (C=O) groups excluding carboxylic acids is 1. The van der Waals surface area contributed by atoms with Crippen molar-refractivity contribution < 1.29 is 27.2 Å². The molecule has 1 amide bonds. The van der Waals surface area contributed by atoms with Gasteiger partial charge in [-0.1, -0.05) is 12.1 Å². The number of rotatable bonds is 8. The van der Waals surface area contributed by atoms with E-state index in [4.69, 9.17) is 19.3 Å². The van der Waals surface area contributed by atoms with Crippen LogP contribution in [0.15, 0.2) is 24.3 Å². The number of fused-ring (bicyclic) bond motifs is 2. The molecule has 0 aliphatic carbocycles.